The van der Waals surface area contributed by atoms with Gasteiger partial charge in [0.1, 0.15) is 0 Å². The van der Waals surface area contributed by atoms with Crippen molar-refractivity contribution in [3.8, 4) is 0 Å². The van der Waals surface area contributed by atoms with Crippen LogP contribution in [0.2, 0.25) is 0 Å². The first kappa shape index (κ1) is 17.3. The minimum Gasteiger partial charge on any atom is -0.336 e. The molecule has 1 aliphatic heterocycles. The Labute approximate surface area is 162 Å². The Bertz CT molecular complexity index is 927. The molecular weight excluding hydrogens is 388 g/mol. The fourth-order valence-corrected chi connectivity index (χ4v) is 4.03. The third kappa shape index (κ3) is 3.67. The van der Waals surface area contributed by atoms with Crippen molar-refractivity contribution in [3.05, 3.63) is 82.3 Å². The SMILES string of the molecule is O=C(c1cccc2ccccc12)N1CCN(Cc2cccc(Br)c2)CC1. The second kappa shape index (κ2) is 7.60. The number of piperazine rings is 1. The van der Waals surface area contributed by atoms with Gasteiger partial charge in [-0.1, -0.05) is 64.5 Å². The number of halogens is 1. The summed E-state index contributed by atoms with van der Waals surface area (Å²) in [6.07, 6.45) is 0. The molecule has 0 radical (unpaired) electrons. The highest BCUT2D eigenvalue weighted by Gasteiger charge is 2.23. The topological polar surface area (TPSA) is 23.6 Å². The maximum Gasteiger partial charge on any atom is 0.254 e. The summed E-state index contributed by atoms with van der Waals surface area (Å²) < 4.78 is 1.11. The van der Waals surface area contributed by atoms with Gasteiger partial charge in [-0.05, 0) is 34.5 Å². The van der Waals surface area contributed by atoms with Crippen molar-refractivity contribution in [2.45, 2.75) is 6.54 Å². The first-order chi connectivity index (χ1) is 12.7. The number of fused-ring (bicyclic) bond motifs is 1. The maximum absolute atomic E-state index is 13.0. The lowest BCUT2D eigenvalue weighted by molar-refractivity contribution is 0.0630. The molecule has 0 saturated carbocycles. The number of hydrogen-bond acceptors (Lipinski definition) is 2. The van der Waals surface area contributed by atoms with E-state index < -0.39 is 0 Å². The number of amides is 1. The summed E-state index contributed by atoms with van der Waals surface area (Å²) in [6.45, 7) is 4.29. The molecule has 3 aromatic rings. The van der Waals surface area contributed by atoms with E-state index in [1.807, 2.05) is 41.3 Å². The summed E-state index contributed by atoms with van der Waals surface area (Å²) in [7, 11) is 0. The van der Waals surface area contributed by atoms with Crippen LogP contribution in [0.1, 0.15) is 15.9 Å². The Morgan fingerprint density at radius 1 is 0.885 bits per heavy atom. The third-order valence-corrected chi connectivity index (χ3v) is 5.47. The van der Waals surface area contributed by atoms with Gasteiger partial charge in [0, 0.05) is 42.8 Å². The van der Waals surface area contributed by atoms with Gasteiger partial charge < -0.3 is 4.90 Å². The van der Waals surface area contributed by atoms with E-state index in [9.17, 15) is 4.79 Å². The van der Waals surface area contributed by atoms with Crippen LogP contribution in [-0.2, 0) is 6.54 Å². The van der Waals surface area contributed by atoms with Crippen LogP contribution in [-0.4, -0.2) is 41.9 Å². The predicted octanol–water partition coefficient (Wildman–Crippen LogP) is 4.56. The molecule has 1 saturated heterocycles. The Morgan fingerprint density at radius 3 is 2.42 bits per heavy atom. The molecule has 0 atom stereocenters. The van der Waals surface area contributed by atoms with Crippen LogP contribution in [0.3, 0.4) is 0 Å². The Balaban J connectivity index is 1.43. The molecule has 0 spiro atoms. The second-order valence-electron chi connectivity index (χ2n) is 6.72. The molecule has 4 heteroatoms. The van der Waals surface area contributed by atoms with Crippen LogP contribution >= 0.6 is 15.9 Å². The summed E-state index contributed by atoms with van der Waals surface area (Å²) in [5.41, 5.74) is 2.11. The van der Waals surface area contributed by atoms with Crippen LogP contribution in [0.25, 0.3) is 10.8 Å². The largest absolute Gasteiger partial charge is 0.336 e. The molecule has 1 fully saturated rings. The van der Waals surface area contributed by atoms with E-state index >= 15 is 0 Å². The molecule has 1 heterocycles. The van der Waals surface area contributed by atoms with Crippen LogP contribution in [0.15, 0.2) is 71.2 Å². The molecule has 4 rings (SSSR count). The average Bonchev–Trinajstić information content (AvgIpc) is 2.68. The number of carbonyl (C=O) groups excluding carboxylic acids is 1. The normalized spacial score (nSPS) is 15.3. The lowest BCUT2D eigenvalue weighted by Crippen LogP contribution is -2.48. The molecule has 0 bridgehead atoms. The van der Waals surface area contributed by atoms with Gasteiger partial charge in [0.2, 0.25) is 0 Å². The van der Waals surface area contributed by atoms with E-state index in [2.05, 4.69) is 51.2 Å². The van der Waals surface area contributed by atoms with Crippen molar-refractivity contribution in [2.75, 3.05) is 26.2 Å². The fraction of sp³-hybridized carbons (Fsp3) is 0.227. The molecule has 0 aromatic heterocycles. The van der Waals surface area contributed by atoms with E-state index in [1.54, 1.807) is 0 Å². The number of nitrogens with zero attached hydrogens (tertiary/aromatic N) is 2. The Hall–Kier alpha value is -2.17. The first-order valence-electron chi connectivity index (χ1n) is 8.94. The third-order valence-electron chi connectivity index (χ3n) is 4.97. The fourth-order valence-electron chi connectivity index (χ4n) is 3.58. The van der Waals surface area contributed by atoms with Crippen molar-refractivity contribution in [1.29, 1.82) is 0 Å². The minimum atomic E-state index is 0.143. The first-order valence-corrected chi connectivity index (χ1v) is 9.74. The van der Waals surface area contributed by atoms with Crippen molar-refractivity contribution in [3.63, 3.8) is 0 Å². The molecule has 26 heavy (non-hydrogen) atoms. The molecule has 1 amide bonds. The van der Waals surface area contributed by atoms with Gasteiger partial charge in [-0.25, -0.2) is 0 Å². The van der Waals surface area contributed by atoms with E-state index in [-0.39, 0.29) is 5.91 Å². The number of hydrogen-bond donors (Lipinski definition) is 0. The molecule has 0 aliphatic carbocycles. The maximum atomic E-state index is 13.0. The second-order valence-corrected chi connectivity index (χ2v) is 7.64. The smallest absolute Gasteiger partial charge is 0.254 e. The van der Waals surface area contributed by atoms with E-state index in [4.69, 9.17) is 0 Å². The zero-order valence-corrected chi connectivity index (χ0v) is 16.2. The summed E-state index contributed by atoms with van der Waals surface area (Å²) >= 11 is 3.53. The molecule has 3 aromatic carbocycles. The zero-order chi connectivity index (χ0) is 17.9. The zero-order valence-electron chi connectivity index (χ0n) is 14.6. The number of benzene rings is 3. The van der Waals surface area contributed by atoms with Gasteiger partial charge in [-0.15, -0.1) is 0 Å². The molecular formula is C22H21BrN2O. The quantitative estimate of drug-likeness (QED) is 0.633. The lowest BCUT2D eigenvalue weighted by atomic mass is 10.0. The van der Waals surface area contributed by atoms with Gasteiger partial charge in [0.15, 0.2) is 0 Å². The standard InChI is InChI=1S/C22H21BrN2O/c23-19-8-3-5-17(15-19)16-24-11-13-25(14-12-24)22(26)21-10-4-7-18-6-1-2-9-20(18)21/h1-10,15H,11-14,16H2. The van der Waals surface area contributed by atoms with Crippen LogP contribution in [0.4, 0.5) is 0 Å². The highest BCUT2D eigenvalue weighted by atomic mass is 79.9. The average molecular weight is 409 g/mol. The van der Waals surface area contributed by atoms with Crippen LogP contribution in [0, 0.1) is 0 Å². The van der Waals surface area contributed by atoms with Gasteiger partial charge in [-0.2, -0.15) is 0 Å². The number of carbonyl (C=O) groups is 1. The minimum absolute atomic E-state index is 0.143. The molecule has 0 N–H and O–H groups in total. The predicted molar refractivity (Wildman–Crippen MR) is 109 cm³/mol. The van der Waals surface area contributed by atoms with Crippen molar-refractivity contribution >= 4 is 32.6 Å². The summed E-state index contributed by atoms with van der Waals surface area (Å²) in [5.74, 6) is 0.143. The summed E-state index contributed by atoms with van der Waals surface area (Å²) in [5, 5.41) is 2.16. The highest BCUT2D eigenvalue weighted by Crippen LogP contribution is 2.21. The van der Waals surface area contributed by atoms with Crippen molar-refractivity contribution < 1.29 is 4.79 Å². The van der Waals surface area contributed by atoms with E-state index in [1.165, 1.54) is 5.56 Å². The molecule has 3 nitrogen and oxygen atoms in total. The van der Waals surface area contributed by atoms with Crippen LogP contribution < -0.4 is 0 Å². The number of rotatable bonds is 3. The van der Waals surface area contributed by atoms with Gasteiger partial charge >= 0.3 is 0 Å². The van der Waals surface area contributed by atoms with E-state index in [0.717, 1.165) is 53.5 Å². The molecule has 0 unspecified atom stereocenters. The summed E-state index contributed by atoms with van der Waals surface area (Å²) in [6, 6.07) is 22.5. The Kier molecular flexibility index (Phi) is 5.05. The lowest BCUT2D eigenvalue weighted by Gasteiger charge is -2.35. The van der Waals surface area contributed by atoms with E-state index in [0.29, 0.717) is 0 Å². The molecule has 1 aliphatic rings. The summed E-state index contributed by atoms with van der Waals surface area (Å²) in [4.78, 5) is 17.4. The van der Waals surface area contributed by atoms with Crippen molar-refractivity contribution in [1.82, 2.24) is 9.80 Å². The monoisotopic (exact) mass is 408 g/mol. The van der Waals surface area contributed by atoms with Gasteiger partial charge in [0.25, 0.3) is 5.91 Å². The van der Waals surface area contributed by atoms with Gasteiger partial charge in [-0.3, -0.25) is 9.69 Å². The Morgan fingerprint density at radius 2 is 1.62 bits per heavy atom. The van der Waals surface area contributed by atoms with Crippen molar-refractivity contribution in [2.24, 2.45) is 0 Å². The molecule has 132 valence electrons. The highest BCUT2D eigenvalue weighted by molar-refractivity contribution is 9.10. The van der Waals surface area contributed by atoms with Gasteiger partial charge in [0.05, 0.1) is 0 Å². The van der Waals surface area contributed by atoms with Crippen LogP contribution in [0.5, 0.6) is 0 Å².